The molecule has 0 aliphatic heterocycles. The summed E-state index contributed by atoms with van der Waals surface area (Å²) in [6, 6.07) is 4.54. The summed E-state index contributed by atoms with van der Waals surface area (Å²) in [6.45, 7) is 0. The number of halogens is 2. The minimum absolute atomic E-state index is 0.207. The molecule has 5 heteroatoms. The van der Waals surface area contributed by atoms with Crippen LogP contribution in [0, 0.1) is 0 Å². The number of hydrogen-bond donors (Lipinski definition) is 2. The molecule has 0 fully saturated rings. The largest absolute Gasteiger partial charge is 0.358 e. The highest BCUT2D eigenvalue weighted by Crippen LogP contribution is 2.21. The van der Waals surface area contributed by atoms with Crippen molar-refractivity contribution in [2.24, 2.45) is 5.73 Å². The standard InChI is InChI=1S/C10H12Cl2N2O/c1-14-10(15)9(13)4-6-2-3-7(11)5-8(6)12/h2-3,5,9H,4,13H2,1H3,(H,14,15)/t9-/m0/s1. The minimum atomic E-state index is -0.589. The van der Waals surface area contributed by atoms with Gasteiger partial charge in [-0.25, -0.2) is 0 Å². The van der Waals surface area contributed by atoms with Gasteiger partial charge >= 0.3 is 0 Å². The molecule has 15 heavy (non-hydrogen) atoms. The van der Waals surface area contributed by atoms with Crippen molar-refractivity contribution < 1.29 is 4.79 Å². The maximum Gasteiger partial charge on any atom is 0.237 e. The van der Waals surface area contributed by atoms with E-state index in [2.05, 4.69) is 5.32 Å². The molecule has 0 saturated heterocycles. The van der Waals surface area contributed by atoms with Crippen LogP contribution in [0.2, 0.25) is 10.0 Å². The van der Waals surface area contributed by atoms with Gasteiger partial charge in [-0.15, -0.1) is 0 Å². The van der Waals surface area contributed by atoms with Gasteiger partial charge in [-0.2, -0.15) is 0 Å². The topological polar surface area (TPSA) is 55.1 Å². The first kappa shape index (κ1) is 12.3. The molecular formula is C10H12Cl2N2O. The molecule has 0 aromatic heterocycles. The number of nitrogens with two attached hydrogens (primary N) is 1. The van der Waals surface area contributed by atoms with Gasteiger partial charge in [0.05, 0.1) is 6.04 Å². The normalized spacial score (nSPS) is 12.3. The summed E-state index contributed by atoms with van der Waals surface area (Å²) in [5.74, 6) is -0.207. The Morgan fingerprint density at radius 1 is 1.53 bits per heavy atom. The first-order valence-electron chi connectivity index (χ1n) is 4.45. The van der Waals surface area contributed by atoms with Gasteiger partial charge in [0.2, 0.25) is 5.91 Å². The molecule has 1 amide bonds. The van der Waals surface area contributed by atoms with E-state index < -0.39 is 6.04 Å². The first-order valence-corrected chi connectivity index (χ1v) is 5.21. The Morgan fingerprint density at radius 3 is 2.73 bits per heavy atom. The molecule has 3 N–H and O–H groups in total. The van der Waals surface area contributed by atoms with Gasteiger partial charge in [-0.05, 0) is 24.1 Å². The zero-order valence-corrected chi connectivity index (χ0v) is 9.77. The molecule has 1 aromatic carbocycles. The highest BCUT2D eigenvalue weighted by Gasteiger charge is 2.13. The van der Waals surface area contributed by atoms with E-state index in [0.29, 0.717) is 16.5 Å². The Bertz CT molecular complexity index is 368. The predicted octanol–water partition coefficient (Wildman–Crippen LogP) is 1.61. The molecule has 3 nitrogen and oxygen atoms in total. The number of hydrogen-bond acceptors (Lipinski definition) is 2. The van der Waals surface area contributed by atoms with Gasteiger partial charge in [-0.1, -0.05) is 29.3 Å². The molecule has 0 saturated carbocycles. The second kappa shape index (κ2) is 5.35. The Labute approximate surface area is 98.5 Å². The Kier molecular flexibility index (Phi) is 4.39. The summed E-state index contributed by atoms with van der Waals surface area (Å²) in [4.78, 5) is 11.2. The lowest BCUT2D eigenvalue weighted by atomic mass is 10.1. The molecule has 82 valence electrons. The molecule has 1 rings (SSSR count). The van der Waals surface area contributed by atoms with Crippen LogP contribution in [0.25, 0.3) is 0 Å². The van der Waals surface area contributed by atoms with Crippen LogP contribution in [0.3, 0.4) is 0 Å². The number of nitrogens with one attached hydrogen (secondary N) is 1. The smallest absolute Gasteiger partial charge is 0.237 e. The van der Waals surface area contributed by atoms with E-state index in [0.717, 1.165) is 5.56 Å². The van der Waals surface area contributed by atoms with E-state index in [1.807, 2.05) is 0 Å². The molecule has 0 spiro atoms. The first-order chi connectivity index (χ1) is 7.04. The van der Waals surface area contributed by atoms with Crippen LogP contribution in [0.1, 0.15) is 5.56 Å². The number of likely N-dealkylation sites (N-methyl/N-ethyl adjacent to an activating group) is 1. The lowest BCUT2D eigenvalue weighted by Crippen LogP contribution is -2.40. The van der Waals surface area contributed by atoms with Gasteiger partial charge in [0.15, 0.2) is 0 Å². The van der Waals surface area contributed by atoms with E-state index in [1.54, 1.807) is 25.2 Å². The highest BCUT2D eigenvalue weighted by molar-refractivity contribution is 6.35. The zero-order valence-electron chi connectivity index (χ0n) is 8.26. The average Bonchev–Trinajstić information content (AvgIpc) is 2.20. The van der Waals surface area contributed by atoms with Gasteiger partial charge in [0.1, 0.15) is 0 Å². The lowest BCUT2D eigenvalue weighted by Gasteiger charge is -2.11. The summed E-state index contributed by atoms with van der Waals surface area (Å²) in [6.07, 6.45) is 0.398. The molecule has 0 radical (unpaired) electrons. The van der Waals surface area contributed by atoms with Crippen LogP contribution in [-0.2, 0) is 11.2 Å². The Morgan fingerprint density at radius 2 is 2.20 bits per heavy atom. The van der Waals surface area contributed by atoms with Crippen LogP contribution in [0.5, 0.6) is 0 Å². The third-order valence-electron chi connectivity index (χ3n) is 2.04. The van der Waals surface area contributed by atoms with Crippen molar-refractivity contribution in [1.29, 1.82) is 0 Å². The third-order valence-corrected chi connectivity index (χ3v) is 2.63. The van der Waals surface area contributed by atoms with E-state index in [4.69, 9.17) is 28.9 Å². The molecule has 0 unspecified atom stereocenters. The van der Waals surface area contributed by atoms with Crippen molar-refractivity contribution >= 4 is 29.1 Å². The molecule has 0 aliphatic carbocycles. The van der Waals surface area contributed by atoms with Gasteiger partial charge < -0.3 is 11.1 Å². The van der Waals surface area contributed by atoms with Crippen molar-refractivity contribution in [3.63, 3.8) is 0 Å². The number of rotatable bonds is 3. The van der Waals surface area contributed by atoms with Crippen molar-refractivity contribution in [2.75, 3.05) is 7.05 Å². The maximum atomic E-state index is 11.2. The molecular weight excluding hydrogens is 235 g/mol. The van der Waals surface area contributed by atoms with Crippen LogP contribution in [0.15, 0.2) is 18.2 Å². The van der Waals surface area contributed by atoms with Crippen LogP contribution < -0.4 is 11.1 Å². The zero-order chi connectivity index (χ0) is 11.4. The number of benzene rings is 1. The fraction of sp³-hybridized carbons (Fsp3) is 0.300. The molecule has 0 bridgehead atoms. The molecule has 1 aromatic rings. The summed E-state index contributed by atoms with van der Waals surface area (Å²) >= 11 is 11.7. The molecule has 0 heterocycles. The van der Waals surface area contributed by atoms with Gasteiger partial charge in [0, 0.05) is 17.1 Å². The van der Waals surface area contributed by atoms with Crippen LogP contribution in [0.4, 0.5) is 0 Å². The number of carbonyl (C=O) groups excluding carboxylic acids is 1. The fourth-order valence-corrected chi connectivity index (χ4v) is 1.69. The van der Waals surface area contributed by atoms with Crippen molar-refractivity contribution in [3.05, 3.63) is 33.8 Å². The van der Waals surface area contributed by atoms with Crippen LogP contribution >= 0.6 is 23.2 Å². The quantitative estimate of drug-likeness (QED) is 0.852. The predicted molar refractivity (Wildman–Crippen MR) is 62.2 cm³/mol. The Hall–Kier alpha value is -0.770. The van der Waals surface area contributed by atoms with Gasteiger partial charge in [0.25, 0.3) is 0 Å². The van der Waals surface area contributed by atoms with E-state index in [-0.39, 0.29) is 5.91 Å². The SMILES string of the molecule is CNC(=O)[C@@H](N)Cc1ccc(Cl)cc1Cl. The number of carbonyl (C=O) groups is 1. The lowest BCUT2D eigenvalue weighted by molar-refractivity contribution is -0.121. The van der Waals surface area contributed by atoms with E-state index in [9.17, 15) is 4.79 Å². The second-order valence-corrected chi connectivity index (χ2v) is 4.00. The average molecular weight is 247 g/mol. The monoisotopic (exact) mass is 246 g/mol. The summed E-state index contributed by atoms with van der Waals surface area (Å²) in [5, 5.41) is 3.58. The summed E-state index contributed by atoms with van der Waals surface area (Å²) in [7, 11) is 1.55. The fourth-order valence-electron chi connectivity index (χ4n) is 1.20. The maximum absolute atomic E-state index is 11.2. The third kappa shape index (κ3) is 3.38. The highest BCUT2D eigenvalue weighted by atomic mass is 35.5. The van der Waals surface area contributed by atoms with E-state index >= 15 is 0 Å². The van der Waals surface area contributed by atoms with Crippen molar-refractivity contribution in [3.8, 4) is 0 Å². The summed E-state index contributed by atoms with van der Waals surface area (Å²) < 4.78 is 0. The molecule has 1 atom stereocenters. The second-order valence-electron chi connectivity index (χ2n) is 3.16. The Balaban J connectivity index is 2.76. The molecule has 0 aliphatic rings. The van der Waals surface area contributed by atoms with Crippen molar-refractivity contribution in [1.82, 2.24) is 5.32 Å². The summed E-state index contributed by atoms with van der Waals surface area (Å²) in [5.41, 5.74) is 6.48. The van der Waals surface area contributed by atoms with E-state index in [1.165, 1.54) is 0 Å². The number of amides is 1. The van der Waals surface area contributed by atoms with Gasteiger partial charge in [-0.3, -0.25) is 4.79 Å². The van der Waals surface area contributed by atoms with Crippen molar-refractivity contribution in [2.45, 2.75) is 12.5 Å². The minimum Gasteiger partial charge on any atom is -0.358 e. The van der Waals surface area contributed by atoms with Crippen LogP contribution in [-0.4, -0.2) is 19.0 Å².